The number of carboxylic acid groups (broad SMARTS) is 5. The maximum Gasteiger partial charge on any atom is 0.300 e. The van der Waals surface area contributed by atoms with Crippen LogP contribution in [0.15, 0.2) is 39.5 Å². The summed E-state index contributed by atoms with van der Waals surface area (Å²) in [6.45, 7) is 23.4. The topological polar surface area (TPSA) is 256 Å². The van der Waals surface area contributed by atoms with Gasteiger partial charge in [-0.05, 0) is 0 Å². The highest BCUT2D eigenvalue weighted by atomic mass is 16.4. The van der Waals surface area contributed by atoms with Crippen molar-refractivity contribution in [3.05, 3.63) is 39.5 Å². The zero-order valence-corrected chi connectivity index (χ0v) is 17.4. The summed E-state index contributed by atoms with van der Waals surface area (Å²) in [5, 5.41) is 37.1. The Bertz CT molecular complexity index is 254. The van der Waals surface area contributed by atoms with Crippen LogP contribution in [0.25, 0.3) is 0 Å². The number of hydrogen-bond acceptors (Lipinski definition) is 7. The highest BCUT2D eigenvalue weighted by Crippen LogP contribution is 1.43. The average Bonchev–Trinajstić information content (AvgIpc) is 2.41. The van der Waals surface area contributed by atoms with Crippen LogP contribution in [0.2, 0.25) is 0 Å². The molecule has 0 aromatic heterocycles. The van der Waals surface area contributed by atoms with Crippen LogP contribution in [0.1, 0.15) is 34.6 Å². The normalized spacial score (nSPS) is 4.89. The fourth-order valence-electron chi connectivity index (χ4n) is 0. The van der Waals surface area contributed by atoms with E-state index in [1.807, 2.05) is 0 Å². The molecule has 0 atom stereocenters. The molecule has 0 aliphatic rings. The molecule has 12 heteroatoms. The highest BCUT2D eigenvalue weighted by Gasteiger charge is 1.67. The van der Waals surface area contributed by atoms with Crippen molar-refractivity contribution in [2.24, 2.45) is 0 Å². The maximum atomic E-state index is 9.00. The zero-order valence-electron chi connectivity index (χ0n) is 17.4. The molecule has 0 radical (unpaired) electrons. The van der Waals surface area contributed by atoms with Crippen molar-refractivity contribution in [1.29, 1.82) is 0 Å². The lowest BCUT2D eigenvalue weighted by atomic mass is 10.9. The summed E-state index contributed by atoms with van der Waals surface area (Å²) in [5.74, 6) is -4.17. The van der Waals surface area contributed by atoms with Gasteiger partial charge in [0.15, 0.2) is 0 Å². The Balaban J connectivity index is -0.0000000167. The van der Waals surface area contributed by atoms with Crippen molar-refractivity contribution in [2.45, 2.75) is 34.6 Å². The number of carboxylic acids is 5. The van der Waals surface area contributed by atoms with Gasteiger partial charge in [-0.15, -0.1) is 39.5 Å². The summed E-state index contributed by atoms with van der Waals surface area (Å²) < 4.78 is 0. The Morgan fingerprint density at radius 3 is 0.393 bits per heavy atom. The van der Waals surface area contributed by atoms with Gasteiger partial charge in [0.2, 0.25) is 0 Å². The van der Waals surface area contributed by atoms with Crippen molar-refractivity contribution in [3.63, 3.8) is 0 Å². The lowest BCUT2D eigenvalue weighted by Crippen LogP contribution is -1.78. The Morgan fingerprint density at radius 1 is 0.393 bits per heavy atom. The first kappa shape index (κ1) is 64.4. The molecule has 0 fully saturated rings. The smallest absolute Gasteiger partial charge is 0.300 e. The third kappa shape index (κ3) is 843. The van der Waals surface area contributed by atoms with Crippen LogP contribution in [0, 0.1) is 0 Å². The van der Waals surface area contributed by atoms with Crippen molar-refractivity contribution < 1.29 is 49.5 Å². The monoisotopic (exact) mass is 418 g/mol. The van der Waals surface area contributed by atoms with Crippen molar-refractivity contribution in [2.75, 3.05) is 0 Å². The second-order valence-corrected chi connectivity index (χ2v) is 2.60. The van der Waals surface area contributed by atoms with Gasteiger partial charge in [-0.3, -0.25) is 24.0 Å². The highest BCUT2D eigenvalue weighted by molar-refractivity contribution is 5.63. The van der Waals surface area contributed by atoms with Crippen LogP contribution < -0.4 is 12.3 Å². The zero-order chi connectivity index (χ0) is 23.9. The van der Waals surface area contributed by atoms with E-state index in [-0.39, 0.29) is 12.3 Å². The van der Waals surface area contributed by atoms with Crippen molar-refractivity contribution >= 4 is 29.8 Å². The van der Waals surface area contributed by atoms with Crippen LogP contribution in [0.5, 0.6) is 0 Å². The molecule has 0 aromatic rings. The van der Waals surface area contributed by atoms with Crippen LogP contribution >= 0.6 is 0 Å². The van der Waals surface area contributed by atoms with Gasteiger partial charge in [0.05, 0.1) is 0 Å². The van der Waals surface area contributed by atoms with E-state index in [2.05, 4.69) is 39.5 Å². The Hall–Kier alpha value is -3.51. The van der Waals surface area contributed by atoms with Gasteiger partial charge in [0.25, 0.3) is 29.8 Å². The lowest BCUT2D eigenvalue weighted by Gasteiger charge is -1.59. The molecule has 0 aromatic carbocycles. The Kier molecular flexibility index (Phi) is 207. The van der Waals surface area contributed by atoms with Crippen LogP contribution in [-0.2, 0) is 24.0 Å². The van der Waals surface area contributed by atoms with Crippen LogP contribution in [-0.4, -0.2) is 55.4 Å². The van der Waals surface area contributed by atoms with E-state index in [0.717, 1.165) is 34.6 Å². The molecule has 0 rings (SSSR count). The van der Waals surface area contributed by atoms with E-state index in [4.69, 9.17) is 49.5 Å². The quantitative estimate of drug-likeness (QED) is 0.280. The second-order valence-electron chi connectivity index (χ2n) is 2.60. The van der Waals surface area contributed by atoms with Gasteiger partial charge in [-0.2, -0.15) is 0 Å². The molecule has 0 bridgehead atoms. The van der Waals surface area contributed by atoms with E-state index in [1.165, 1.54) is 0 Å². The molecular formula is C16H38N2O10. The first-order valence-corrected chi connectivity index (χ1v) is 6.14. The molecular weight excluding hydrogens is 380 g/mol. The van der Waals surface area contributed by atoms with E-state index < -0.39 is 29.8 Å². The van der Waals surface area contributed by atoms with Gasteiger partial charge in [-0.1, -0.05) is 0 Å². The first-order chi connectivity index (χ1) is 11.7. The molecule has 0 unspecified atom stereocenters. The fraction of sp³-hybridized carbons (Fsp3) is 0.312. The van der Waals surface area contributed by atoms with Gasteiger partial charge in [-0.25, -0.2) is 0 Å². The molecule has 0 saturated carbocycles. The second kappa shape index (κ2) is 90.0. The average molecular weight is 418 g/mol. The summed E-state index contributed by atoms with van der Waals surface area (Å²) in [4.78, 5) is 45.0. The van der Waals surface area contributed by atoms with Gasteiger partial charge >= 0.3 is 0 Å². The van der Waals surface area contributed by atoms with Crippen molar-refractivity contribution in [1.82, 2.24) is 12.3 Å². The molecule has 0 amide bonds. The third-order valence-corrected chi connectivity index (χ3v) is 0. The largest absolute Gasteiger partial charge is 0.481 e. The fourth-order valence-corrected chi connectivity index (χ4v) is 0. The molecule has 11 N–H and O–H groups in total. The number of rotatable bonds is 0. The van der Waals surface area contributed by atoms with Gasteiger partial charge in [0, 0.05) is 34.6 Å². The predicted molar refractivity (Wildman–Crippen MR) is 110 cm³/mol. The van der Waals surface area contributed by atoms with Crippen LogP contribution in [0.4, 0.5) is 0 Å². The molecule has 12 nitrogen and oxygen atoms in total. The minimum Gasteiger partial charge on any atom is -0.481 e. The van der Waals surface area contributed by atoms with E-state index in [9.17, 15) is 0 Å². The van der Waals surface area contributed by atoms with E-state index in [0.29, 0.717) is 0 Å². The molecule has 0 aliphatic carbocycles. The SMILES string of the molecule is C=C.C=C.C=C.CC(=O)O.CC(=O)O.CC(=O)O.CC(=O)O.CC(=O)O.N.N. The summed E-state index contributed by atoms with van der Waals surface area (Å²) in [7, 11) is 0. The van der Waals surface area contributed by atoms with Gasteiger partial charge in [0.1, 0.15) is 0 Å². The molecule has 0 saturated heterocycles. The maximum absolute atomic E-state index is 9.00. The summed E-state index contributed by atoms with van der Waals surface area (Å²) in [5.41, 5.74) is 0. The standard InChI is InChI=1S/5C2H4O2.3C2H4.2H3N/c5*1-2(3)4;3*1-2;;/h5*1H3,(H,3,4);3*1-2H2;2*1H3. The molecule has 28 heavy (non-hydrogen) atoms. The van der Waals surface area contributed by atoms with E-state index >= 15 is 0 Å². The lowest BCUT2D eigenvalue weighted by molar-refractivity contribution is -0.135. The van der Waals surface area contributed by atoms with Gasteiger partial charge < -0.3 is 37.8 Å². The minimum atomic E-state index is -0.833. The van der Waals surface area contributed by atoms with Crippen molar-refractivity contribution in [3.8, 4) is 0 Å². The number of aliphatic carboxylic acids is 5. The molecule has 0 spiro atoms. The predicted octanol–water partition coefficient (Wildman–Crippen LogP) is 3.19. The minimum absolute atomic E-state index is 0. The first-order valence-electron chi connectivity index (χ1n) is 6.14. The third-order valence-electron chi connectivity index (χ3n) is 0. The molecule has 0 aliphatic heterocycles. The number of hydrogen-bond donors (Lipinski definition) is 7. The summed E-state index contributed by atoms with van der Waals surface area (Å²) in [6.07, 6.45) is 0. The number of carbonyl (C=O) groups is 5. The summed E-state index contributed by atoms with van der Waals surface area (Å²) >= 11 is 0. The van der Waals surface area contributed by atoms with E-state index in [1.54, 1.807) is 0 Å². The summed E-state index contributed by atoms with van der Waals surface area (Å²) in [6, 6.07) is 0. The Labute approximate surface area is 166 Å². The molecule has 172 valence electrons. The Morgan fingerprint density at radius 2 is 0.393 bits per heavy atom. The van der Waals surface area contributed by atoms with Crippen LogP contribution in [0.3, 0.4) is 0 Å². The molecule has 0 heterocycles.